The van der Waals surface area contributed by atoms with Gasteiger partial charge in [-0.1, -0.05) is 27.7 Å². The predicted molar refractivity (Wildman–Crippen MR) is 83.3 cm³/mol. The molecule has 6 heteroatoms. The van der Waals surface area contributed by atoms with Crippen molar-refractivity contribution in [3.8, 4) is 0 Å². The van der Waals surface area contributed by atoms with E-state index in [9.17, 15) is 13.2 Å². The zero-order valence-electron chi connectivity index (χ0n) is 13.6. The van der Waals surface area contributed by atoms with Gasteiger partial charge in [0.15, 0.2) is 0 Å². The van der Waals surface area contributed by atoms with E-state index in [0.29, 0.717) is 38.5 Å². The van der Waals surface area contributed by atoms with Gasteiger partial charge in [-0.15, -0.1) is 0 Å². The highest BCUT2D eigenvalue weighted by atomic mass is 32.2. The van der Waals surface area contributed by atoms with Gasteiger partial charge in [0.05, 0.1) is 5.25 Å². The highest BCUT2D eigenvalue weighted by molar-refractivity contribution is 7.90. The normalized spacial score (nSPS) is 29.7. The van der Waals surface area contributed by atoms with Gasteiger partial charge in [-0.3, -0.25) is 4.79 Å². The molecule has 0 aromatic rings. The summed E-state index contributed by atoms with van der Waals surface area (Å²) >= 11 is 0. The molecule has 5 nitrogen and oxygen atoms in total. The Morgan fingerprint density at radius 2 is 1.76 bits per heavy atom. The van der Waals surface area contributed by atoms with Gasteiger partial charge in [-0.05, 0) is 24.7 Å². The molecule has 2 rings (SSSR count). The fourth-order valence-corrected chi connectivity index (χ4v) is 5.87. The fourth-order valence-electron chi connectivity index (χ4n) is 3.47. The van der Waals surface area contributed by atoms with Crippen LogP contribution >= 0.6 is 0 Å². The van der Waals surface area contributed by atoms with E-state index in [1.165, 1.54) is 0 Å². The maximum Gasteiger partial charge on any atom is 0.225 e. The molecule has 2 fully saturated rings. The van der Waals surface area contributed by atoms with E-state index in [0.717, 1.165) is 6.42 Å². The first kappa shape index (κ1) is 16.7. The molecule has 21 heavy (non-hydrogen) atoms. The maximum atomic E-state index is 12.6. The van der Waals surface area contributed by atoms with Crippen LogP contribution in [-0.4, -0.2) is 55.0 Å². The molecule has 2 heterocycles. The number of likely N-dealkylation sites (tertiary alicyclic amines) is 1. The number of rotatable bonds is 3. The molecule has 0 aromatic heterocycles. The first-order valence-electron chi connectivity index (χ1n) is 8.01. The molecule has 0 spiro atoms. The van der Waals surface area contributed by atoms with Crippen molar-refractivity contribution in [1.29, 1.82) is 0 Å². The number of fused-ring (bicyclic) bond motifs is 1. The number of hydrogen-bond acceptors (Lipinski definition) is 3. The first-order valence-corrected chi connectivity index (χ1v) is 9.51. The second-order valence-corrected chi connectivity index (χ2v) is 9.26. The summed E-state index contributed by atoms with van der Waals surface area (Å²) in [7, 11) is -3.18. The molecule has 0 radical (unpaired) electrons. The van der Waals surface area contributed by atoms with Crippen molar-refractivity contribution >= 4 is 15.9 Å². The van der Waals surface area contributed by atoms with Crippen LogP contribution in [0.3, 0.4) is 0 Å². The van der Waals surface area contributed by atoms with Crippen molar-refractivity contribution < 1.29 is 13.2 Å². The number of amides is 1. The summed E-state index contributed by atoms with van der Waals surface area (Å²) in [6, 6.07) is 0. The van der Waals surface area contributed by atoms with Crippen LogP contribution in [0.4, 0.5) is 0 Å². The summed E-state index contributed by atoms with van der Waals surface area (Å²) in [4.78, 5) is 14.0. The first-order chi connectivity index (χ1) is 9.73. The Labute approximate surface area is 128 Å². The summed E-state index contributed by atoms with van der Waals surface area (Å²) in [5.74, 6) is 0.656. The highest BCUT2D eigenvalue weighted by Gasteiger charge is 2.47. The third-order valence-electron chi connectivity index (χ3n) is 4.53. The number of carbonyl (C=O) groups is 1. The van der Waals surface area contributed by atoms with Gasteiger partial charge in [-0.2, -0.15) is 0 Å². The maximum absolute atomic E-state index is 12.6. The third kappa shape index (κ3) is 3.42. The summed E-state index contributed by atoms with van der Waals surface area (Å²) in [5, 5.41) is -0.291. The second kappa shape index (κ2) is 6.24. The van der Waals surface area contributed by atoms with E-state index >= 15 is 0 Å². The molecule has 0 bridgehead atoms. The Kier molecular flexibility index (Phi) is 4.98. The van der Waals surface area contributed by atoms with E-state index in [1.54, 1.807) is 4.31 Å². The standard InChI is InChI=1S/C15H28N2O3S/c1-11(2)9-17-10-13-5-7-16(15(18)12(3)4)8-6-14(13)21(17,19)20/h11-14H,5-10H2,1-4H3/t13-,14-/m1/s1. The fraction of sp³-hybridized carbons (Fsp3) is 0.933. The van der Waals surface area contributed by atoms with E-state index in [1.807, 2.05) is 32.6 Å². The average molecular weight is 316 g/mol. The van der Waals surface area contributed by atoms with Gasteiger partial charge in [0.1, 0.15) is 0 Å². The average Bonchev–Trinajstić information content (AvgIpc) is 2.55. The van der Waals surface area contributed by atoms with Gasteiger partial charge < -0.3 is 4.90 Å². The van der Waals surface area contributed by atoms with E-state index < -0.39 is 10.0 Å². The molecular formula is C15H28N2O3S. The lowest BCUT2D eigenvalue weighted by Gasteiger charge is -2.24. The Bertz CT molecular complexity index is 487. The van der Waals surface area contributed by atoms with Crippen LogP contribution in [0.1, 0.15) is 40.5 Å². The molecule has 2 aliphatic rings. The lowest BCUT2D eigenvalue weighted by molar-refractivity contribution is -0.134. The molecule has 0 N–H and O–H groups in total. The third-order valence-corrected chi connectivity index (χ3v) is 6.94. The molecule has 0 aliphatic carbocycles. The topological polar surface area (TPSA) is 57.7 Å². The van der Waals surface area contributed by atoms with Crippen molar-refractivity contribution in [3.63, 3.8) is 0 Å². The van der Waals surface area contributed by atoms with Gasteiger partial charge in [-0.25, -0.2) is 12.7 Å². The molecule has 2 aliphatic heterocycles. The minimum atomic E-state index is -3.18. The van der Waals surface area contributed by atoms with E-state index in [-0.39, 0.29) is 23.0 Å². The Balaban J connectivity index is 2.09. The predicted octanol–water partition coefficient (Wildman–Crippen LogP) is 1.55. The number of nitrogens with zero attached hydrogens (tertiary/aromatic N) is 2. The zero-order valence-corrected chi connectivity index (χ0v) is 14.4. The number of hydrogen-bond donors (Lipinski definition) is 0. The lowest BCUT2D eigenvalue weighted by Crippen LogP contribution is -2.37. The van der Waals surface area contributed by atoms with E-state index in [4.69, 9.17) is 0 Å². The number of carbonyl (C=O) groups excluding carboxylic acids is 1. The Morgan fingerprint density at radius 3 is 2.33 bits per heavy atom. The summed E-state index contributed by atoms with van der Waals surface area (Å²) in [6.07, 6.45) is 1.39. The SMILES string of the molecule is CC(C)CN1C[C@H]2CCN(C(=O)C(C)C)CC[C@H]2S1(=O)=O. The van der Waals surface area contributed by atoms with Crippen LogP contribution in [0.25, 0.3) is 0 Å². The molecule has 2 saturated heterocycles. The van der Waals surface area contributed by atoms with Gasteiger partial charge in [0.2, 0.25) is 15.9 Å². The molecular weight excluding hydrogens is 288 g/mol. The summed E-state index contributed by atoms with van der Waals surface area (Å²) in [6.45, 7) is 10.4. The summed E-state index contributed by atoms with van der Waals surface area (Å²) < 4.78 is 27.0. The van der Waals surface area contributed by atoms with Gasteiger partial charge >= 0.3 is 0 Å². The van der Waals surface area contributed by atoms with Crippen molar-refractivity contribution in [2.24, 2.45) is 17.8 Å². The molecule has 0 saturated carbocycles. The van der Waals surface area contributed by atoms with Crippen LogP contribution in [0.5, 0.6) is 0 Å². The lowest BCUT2D eigenvalue weighted by atomic mass is 10.00. The smallest absolute Gasteiger partial charge is 0.225 e. The largest absolute Gasteiger partial charge is 0.342 e. The molecule has 122 valence electrons. The van der Waals surface area contributed by atoms with Crippen LogP contribution in [0.15, 0.2) is 0 Å². The van der Waals surface area contributed by atoms with Crippen LogP contribution < -0.4 is 0 Å². The minimum absolute atomic E-state index is 0.0167. The second-order valence-electron chi connectivity index (χ2n) is 7.11. The highest BCUT2D eigenvalue weighted by Crippen LogP contribution is 2.34. The quantitative estimate of drug-likeness (QED) is 0.794. The molecule has 0 unspecified atom stereocenters. The molecule has 1 amide bonds. The van der Waals surface area contributed by atoms with E-state index in [2.05, 4.69) is 0 Å². The minimum Gasteiger partial charge on any atom is -0.342 e. The Hall–Kier alpha value is -0.620. The van der Waals surface area contributed by atoms with Crippen LogP contribution in [-0.2, 0) is 14.8 Å². The van der Waals surface area contributed by atoms with Crippen molar-refractivity contribution in [2.75, 3.05) is 26.2 Å². The zero-order chi connectivity index (χ0) is 15.8. The summed E-state index contributed by atoms with van der Waals surface area (Å²) in [5.41, 5.74) is 0. The van der Waals surface area contributed by atoms with Crippen molar-refractivity contribution in [2.45, 2.75) is 45.8 Å². The molecule has 2 atom stereocenters. The number of sulfonamides is 1. The molecule has 0 aromatic carbocycles. The van der Waals surface area contributed by atoms with Crippen molar-refractivity contribution in [3.05, 3.63) is 0 Å². The van der Waals surface area contributed by atoms with Gasteiger partial charge in [0.25, 0.3) is 0 Å². The van der Waals surface area contributed by atoms with Crippen LogP contribution in [0, 0.1) is 17.8 Å². The monoisotopic (exact) mass is 316 g/mol. The Morgan fingerprint density at radius 1 is 1.14 bits per heavy atom. The van der Waals surface area contributed by atoms with Crippen molar-refractivity contribution in [1.82, 2.24) is 9.21 Å². The van der Waals surface area contributed by atoms with Gasteiger partial charge in [0, 0.05) is 32.1 Å². The van der Waals surface area contributed by atoms with Crippen LogP contribution in [0.2, 0.25) is 0 Å².